The molecular weight excluding hydrogens is 372 g/mol. The van der Waals surface area contributed by atoms with E-state index in [1.54, 1.807) is 0 Å². The van der Waals surface area contributed by atoms with Crippen LogP contribution in [-0.2, 0) is 14.4 Å². The van der Waals surface area contributed by atoms with E-state index in [1.807, 2.05) is 0 Å². The Bertz CT molecular complexity index is 365. The van der Waals surface area contributed by atoms with Gasteiger partial charge in [0.2, 0.25) is 0 Å². The van der Waals surface area contributed by atoms with Gasteiger partial charge < -0.3 is 15.3 Å². The van der Waals surface area contributed by atoms with E-state index in [-0.39, 0.29) is 0 Å². The summed E-state index contributed by atoms with van der Waals surface area (Å²) in [6.07, 6.45) is 18.1. The van der Waals surface area contributed by atoms with Crippen molar-refractivity contribution in [3.63, 3.8) is 0 Å². The molecule has 3 N–H and O–H groups in total. The smallest absolute Gasteiger partial charge is 0.327 e. The van der Waals surface area contributed by atoms with Gasteiger partial charge in [-0.25, -0.2) is 4.79 Å². The summed E-state index contributed by atoms with van der Waals surface area (Å²) in [6, 6.07) is 0. The molecule has 0 saturated heterocycles. The predicted octanol–water partition coefficient (Wildman–Crippen LogP) is 6.68. The fraction of sp³-hybridized carbons (Fsp3) is 0.783. The van der Waals surface area contributed by atoms with E-state index < -0.39 is 17.9 Å². The Morgan fingerprint density at radius 3 is 1.03 bits per heavy atom. The summed E-state index contributed by atoms with van der Waals surface area (Å²) in [5.41, 5.74) is 0. The van der Waals surface area contributed by atoms with Crippen LogP contribution in [-0.4, -0.2) is 33.2 Å². The summed E-state index contributed by atoms with van der Waals surface area (Å²) < 4.78 is 0. The van der Waals surface area contributed by atoms with Gasteiger partial charge >= 0.3 is 17.9 Å². The van der Waals surface area contributed by atoms with Crippen molar-refractivity contribution in [2.24, 2.45) is 0 Å². The lowest BCUT2D eigenvalue weighted by Gasteiger charge is -1.98. The highest BCUT2D eigenvalue weighted by Crippen LogP contribution is 2.08. The monoisotopic (exact) mass is 416 g/mol. The molecule has 0 fully saturated rings. The summed E-state index contributed by atoms with van der Waals surface area (Å²) in [7, 11) is 0. The molecule has 29 heavy (non-hydrogen) atoms. The molecule has 0 radical (unpaired) electrons. The Hall–Kier alpha value is -1.85. The third kappa shape index (κ3) is 46.3. The first-order chi connectivity index (χ1) is 13.8. The Morgan fingerprint density at radius 2 is 0.828 bits per heavy atom. The van der Waals surface area contributed by atoms with Gasteiger partial charge in [0, 0.05) is 18.9 Å². The zero-order chi connectivity index (χ0) is 22.8. The van der Waals surface area contributed by atoms with E-state index in [2.05, 4.69) is 20.4 Å². The summed E-state index contributed by atoms with van der Waals surface area (Å²) in [5, 5.41) is 24.3. The van der Waals surface area contributed by atoms with Gasteiger partial charge in [-0.15, -0.1) is 0 Å². The van der Waals surface area contributed by atoms with Crippen molar-refractivity contribution in [1.82, 2.24) is 0 Å². The van der Waals surface area contributed by atoms with Gasteiger partial charge in [0.05, 0.1) is 0 Å². The van der Waals surface area contributed by atoms with Crippen LogP contribution < -0.4 is 0 Å². The van der Waals surface area contributed by atoms with Gasteiger partial charge in [-0.2, -0.15) is 0 Å². The molecule has 0 atom stereocenters. The number of aliphatic carboxylic acids is 3. The van der Waals surface area contributed by atoms with E-state index in [0.29, 0.717) is 12.8 Å². The maximum Gasteiger partial charge on any atom is 0.327 e. The number of hydrogen-bond acceptors (Lipinski definition) is 3. The Morgan fingerprint density at radius 1 is 0.586 bits per heavy atom. The number of unbranched alkanes of at least 4 members (excludes halogenated alkanes) is 12. The van der Waals surface area contributed by atoms with Crippen molar-refractivity contribution in [2.75, 3.05) is 0 Å². The second-order valence-corrected chi connectivity index (χ2v) is 7.07. The maximum atomic E-state index is 10.1. The minimum absolute atomic E-state index is 0.341. The highest BCUT2D eigenvalue weighted by atomic mass is 16.4. The molecular formula is C23H44O6. The van der Waals surface area contributed by atoms with Crippen LogP contribution in [0.25, 0.3) is 0 Å². The molecule has 0 saturated carbocycles. The largest absolute Gasteiger partial charge is 0.481 e. The van der Waals surface area contributed by atoms with Crippen molar-refractivity contribution < 1.29 is 29.7 Å². The third-order valence-corrected chi connectivity index (χ3v) is 4.16. The Labute approximate surface area is 177 Å². The van der Waals surface area contributed by atoms with Crippen LogP contribution in [0.15, 0.2) is 12.7 Å². The quantitative estimate of drug-likeness (QED) is 0.180. The summed E-state index contributed by atoms with van der Waals surface area (Å²) in [5.74, 6) is -2.31. The zero-order valence-electron chi connectivity index (χ0n) is 18.7. The molecule has 172 valence electrons. The van der Waals surface area contributed by atoms with Gasteiger partial charge in [-0.1, -0.05) is 97.5 Å². The molecule has 6 heteroatoms. The van der Waals surface area contributed by atoms with E-state index in [1.165, 1.54) is 64.2 Å². The lowest BCUT2D eigenvalue weighted by molar-refractivity contribution is -0.138. The molecule has 0 aromatic rings. The molecule has 0 bridgehead atoms. The second-order valence-electron chi connectivity index (χ2n) is 7.07. The van der Waals surface area contributed by atoms with Crippen molar-refractivity contribution >= 4 is 17.9 Å². The van der Waals surface area contributed by atoms with E-state index in [4.69, 9.17) is 15.3 Å². The van der Waals surface area contributed by atoms with Crippen LogP contribution in [0.1, 0.15) is 117 Å². The maximum absolute atomic E-state index is 10.1. The van der Waals surface area contributed by atoms with Gasteiger partial charge in [0.25, 0.3) is 0 Å². The minimum atomic E-state index is -0.981. The van der Waals surface area contributed by atoms with E-state index >= 15 is 0 Å². The first kappa shape index (κ1) is 31.8. The molecule has 0 aromatic carbocycles. The summed E-state index contributed by atoms with van der Waals surface area (Å²) in [4.78, 5) is 29.5. The number of hydrogen-bond donors (Lipinski definition) is 3. The Balaban J connectivity index is -0.000000380. The van der Waals surface area contributed by atoms with Crippen molar-refractivity contribution in [1.29, 1.82) is 0 Å². The van der Waals surface area contributed by atoms with Crippen molar-refractivity contribution in [2.45, 2.75) is 117 Å². The molecule has 0 unspecified atom stereocenters. The summed E-state index contributed by atoms with van der Waals surface area (Å²) >= 11 is 0. The molecule has 6 nitrogen and oxygen atoms in total. The zero-order valence-corrected chi connectivity index (χ0v) is 18.7. The van der Waals surface area contributed by atoms with Crippen LogP contribution in [0.3, 0.4) is 0 Å². The average Bonchev–Trinajstić information content (AvgIpc) is 2.67. The molecule has 0 spiro atoms. The predicted molar refractivity (Wildman–Crippen MR) is 118 cm³/mol. The standard InChI is InChI=1S/2C10H20O2.C3H4O2/c2*1-2-3-4-5-6-7-8-9-10(11)12;1-2-3(4)5/h2*2-9H2,1H3,(H,11,12);2H,1H2,(H,4,5). The highest BCUT2D eigenvalue weighted by molar-refractivity contribution is 5.78. The SMILES string of the molecule is C=CC(=O)O.CCCCCCCCCC(=O)O.CCCCCCCCCC(=O)O. The second kappa shape index (κ2) is 28.4. The number of carboxylic acids is 3. The fourth-order valence-corrected chi connectivity index (χ4v) is 2.47. The van der Waals surface area contributed by atoms with Crippen LogP contribution >= 0.6 is 0 Å². The lowest BCUT2D eigenvalue weighted by Crippen LogP contribution is -1.93. The lowest BCUT2D eigenvalue weighted by atomic mass is 10.1. The van der Waals surface area contributed by atoms with Gasteiger partial charge in [0.1, 0.15) is 0 Å². The molecule has 0 aromatic heterocycles. The molecule has 0 aliphatic carbocycles. The number of rotatable bonds is 17. The first-order valence-corrected chi connectivity index (χ1v) is 11.1. The average molecular weight is 417 g/mol. The van der Waals surface area contributed by atoms with Crippen molar-refractivity contribution in [3.05, 3.63) is 12.7 Å². The third-order valence-electron chi connectivity index (χ3n) is 4.16. The first-order valence-electron chi connectivity index (χ1n) is 11.1. The van der Waals surface area contributed by atoms with E-state index in [0.717, 1.165) is 31.8 Å². The molecule has 0 rings (SSSR count). The topological polar surface area (TPSA) is 112 Å². The summed E-state index contributed by atoms with van der Waals surface area (Å²) in [6.45, 7) is 7.36. The van der Waals surface area contributed by atoms with Gasteiger partial charge in [-0.3, -0.25) is 9.59 Å². The van der Waals surface area contributed by atoms with Crippen LogP contribution in [0, 0.1) is 0 Å². The molecule has 0 heterocycles. The van der Waals surface area contributed by atoms with Crippen LogP contribution in [0.4, 0.5) is 0 Å². The molecule has 0 aliphatic rings. The molecule has 0 aliphatic heterocycles. The highest BCUT2D eigenvalue weighted by Gasteiger charge is 1.96. The van der Waals surface area contributed by atoms with Gasteiger partial charge in [0.15, 0.2) is 0 Å². The Kier molecular flexibility index (Phi) is 31.1. The number of carboxylic acid groups (broad SMARTS) is 3. The minimum Gasteiger partial charge on any atom is -0.481 e. The van der Waals surface area contributed by atoms with Crippen LogP contribution in [0.2, 0.25) is 0 Å². The normalized spacial score (nSPS) is 9.45. The molecule has 0 amide bonds. The van der Waals surface area contributed by atoms with Crippen molar-refractivity contribution in [3.8, 4) is 0 Å². The van der Waals surface area contributed by atoms with E-state index in [9.17, 15) is 14.4 Å². The number of carbonyl (C=O) groups is 3. The fourth-order valence-electron chi connectivity index (χ4n) is 2.47. The van der Waals surface area contributed by atoms with Crippen LogP contribution in [0.5, 0.6) is 0 Å². The van der Waals surface area contributed by atoms with Gasteiger partial charge in [-0.05, 0) is 12.8 Å².